The maximum Gasteiger partial charge on any atom is 0.241 e. The van der Waals surface area contributed by atoms with Crippen LogP contribution in [0.25, 0.3) is 0 Å². The van der Waals surface area contributed by atoms with Gasteiger partial charge in [-0.25, -0.2) is 21.6 Å². The van der Waals surface area contributed by atoms with Crippen LogP contribution in [0.15, 0.2) is 58.3 Å². The zero-order valence-corrected chi connectivity index (χ0v) is 20.1. The van der Waals surface area contributed by atoms with Gasteiger partial charge in [-0.05, 0) is 49.2 Å². The van der Waals surface area contributed by atoms with Crippen molar-refractivity contribution < 1.29 is 26.4 Å². The van der Waals surface area contributed by atoms with Crippen LogP contribution >= 0.6 is 0 Å². The monoisotopic (exact) mass is 483 g/mol. The Morgan fingerprint density at radius 1 is 0.875 bits per heavy atom. The quantitative estimate of drug-likeness (QED) is 0.414. The number of carbonyl (C=O) groups is 1. The molecule has 0 spiro atoms. The Hall–Kier alpha value is -2.47. The van der Waals surface area contributed by atoms with Crippen LogP contribution in [0.2, 0.25) is 0 Å². The number of methoxy groups -OCH3 is 1. The fraction of sp³-hybridized carbons (Fsp3) is 0.381. The minimum Gasteiger partial charge on any atom is -0.497 e. The minimum atomic E-state index is -3.95. The van der Waals surface area contributed by atoms with Crippen molar-refractivity contribution in [3.8, 4) is 5.75 Å². The van der Waals surface area contributed by atoms with Gasteiger partial charge in [0.15, 0.2) is 0 Å². The molecule has 0 unspecified atom stereocenters. The molecule has 2 rings (SSSR count). The molecule has 0 saturated carbocycles. The molecule has 0 radical (unpaired) electrons. The molecule has 3 N–H and O–H groups in total. The molecular weight excluding hydrogens is 454 g/mol. The fourth-order valence-corrected chi connectivity index (χ4v) is 5.14. The van der Waals surface area contributed by atoms with Crippen molar-refractivity contribution in [1.29, 1.82) is 0 Å². The molecule has 0 aliphatic rings. The van der Waals surface area contributed by atoms with E-state index in [0.29, 0.717) is 5.75 Å². The van der Waals surface area contributed by atoms with Crippen molar-refractivity contribution in [2.75, 3.05) is 20.2 Å². The van der Waals surface area contributed by atoms with Crippen LogP contribution in [0.5, 0.6) is 5.75 Å². The molecule has 11 heteroatoms. The number of ether oxygens (including phenoxy) is 1. The fourth-order valence-electron chi connectivity index (χ4n) is 2.76. The number of aryl methyl sites for hydroxylation is 1. The van der Waals surface area contributed by atoms with Crippen molar-refractivity contribution in [2.45, 2.75) is 36.6 Å². The summed E-state index contributed by atoms with van der Waals surface area (Å²) in [6, 6.07) is 11.1. The Balaban J connectivity index is 1.96. The number of benzene rings is 2. The van der Waals surface area contributed by atoms with Gasteiger partial charge in [-0.15, -0.1) is 0 Å². The van der Waals surface area contributed by atoms with Gasteiger partial charge in [0.05, 0.1) is 16.9 Å². The predicted molar refractivity (Wildman–Crippen MR) is 121 cm³/mol. The van der Waals surface area contributed by atoms with Crippen LogP contribution < -0.4 is 19.5 Å². The lowest BCUT2D eigenvalue weighted by Gasteiger charge is -2.21. The molecule has 0 fully saturated rings. The van der Waals surface area contributed by atoms with E-state index in [0.717, 1.165) is 5.56 Å². The molecule has 0 bridgehead atoms. The van der Waals surface area contributed by atoms with Crippen LogP contribution in [0.1, 0.15) is 19.4 Å². The first-order chi connectivity index (χ1) is 15.0. The van der Waals surface area contributed by atoms with E-state index in [2.05, 4.69) is 14.8 Å². The average Bonchev–Trinajstić information content (AvgIpc) is 2.75. The normalized spacial score (nSPS) is 13.0. The van der Waals surface area contributed by atoms with Crippen molar-refractivity contribution in [3.63, 3.8) is 0 Å². The van der Waals surface area contributed by atoms with Crippen LogP contribution in [-0.4, -0.2) is 49.0 Å². The summed E-state index contributed by atoms with van der Waals surface area (Å²) in [7, 11) is -6.18. The standard InChI is InChI=1S/C21H29N3O6S2/c1-15(2)20(24-32(28,29)19-11-7-17(30-4)8-12-19)21(25)22-13-14-23-31(26,27)18-9-5-16(3)6-10-18/h5-12,15,20,23-24H,13-14H2,1-4H3,(H,22,25)/t20-/m0/s1. The van der Waals surface area contributed by atoms with Gasteiger partial charge >= 0.3 is 0 Å². The number of nitrogens with one attached hydrogen (secondary N) is 3. The average molecular weight is 484 g/mol. The Morgan fingerprint density at radius 3 is 1.94 bits per heavy atom. The van der Waals surface area contributed by atoms with Gasteiger partial charge < -0.3 is 10.1 Å². The van der Waals surface area contributed by atoms with Crippen LogP contribution in [0, 0.1) is 12.8 Å². The molecule has 0 saturated heterocycles. The van der Waals surface area contributed by atoms with E-state index in [4.69, 9.17) is 4.74 Å². The first-order valence-electron chi connectivity index (χ1n) is 9.96. The highest BCUT2D eigenvalue weighted by molar-refractivity contribution is 7.89. The molecular formula is C21H29N3O6S2. The van der Waals surface area contributed by atoms with Crippen molar-refractivity contribution in [3.05, 3.63) is 54.1 Å². The van der Waals surface area contributed by atoms with E-state index in [1.165, 1.54) is 43.5 Å². The van der Waals surface area contributed by atoms with Crippen LogP contribution in [0.4, 0.5) is 0 Å². The third-order valence-corrected chi connectivity index (χ3v) is 7.58. The summed E-state index contributed by atoms with van der Waals surface area (Å²) in [5.41, 5.74) is 0.938. The SMILES string of the molecule is COc1ccc(S(=O)(=O)N[C@H](C(=O)NCCNS(=O)(=O)c2ccc(C)cc2)C(C)C)cc1. The molecule has 9 nitrogen and oxygen atoms in total. The molecule has 1 atom stereocenters. The van der Waals surface area contributed by atoms with Gasteiger partial charge in [-0.2, -0.15) is 4.72 Å². The van der Waals surface area contributed by atoms with Gasteiger partial charge in [0.25, 0.3) is 0 Å². The molecule has 0 heterocycles. The van der Waals surface area contributed by atoms with Gasteiger partial charge in [-0.1, -0.05) is 31.5 Å². The summed E-state index contributed by atoms with van der Waals surface area (Å²) in [5.74, 6) is -0.380. The molecule has 32 heavy (non-hydrogen) atoms. The van der Waals surface area contributed by atoms with Crippen molar-refractivity contribution in [2.24, 2.45) is 5.92 Å². The molecule has 1 amide bonds. The number of rotatable bonds is 11. The molecule has 2 aromatic carbocycles. The summed E-state index contributed by atoms with van der Waals surface area (Å²) >= 11 is 0. The highest BCUT2D eigenvalue weighted by atomic mass is 32.2. The first kappa shape index (κ1) is 25.8. The van der Waals surface area contributed by atoms with Gasteiger partial charge in [0.1, 0.15) is 11.8 Å². The number of hydrogen-bond donors (Lipinski definition) is 3. The third kappa shape index (κ3) is 7.02. The predicted octanol–water partition coefficient (Wildman–Crippen LogP) is 1.40. The van der Waals surface area contributed by atoms with Crippen molar-refractivity contribution in [1.82, 2.24) is 14.8 Å². The molecule has 176 valence electrons. The smallest absolute Gasteiger partial charge is 0.241 e. The Labute approximate surface area is 189 Å². The Bertz CT molecular complexity index is 1110. The highest BCUT2D eigenvalue weighted by Gasteiger charge is 2.28. The Kier molecular flexibility index (Phi) is 8.79. The summed E-state index contributed by atoms with van der Waals surface area (Å²) in [6.45, 7) is 5.23. The molecule has 0 aromatic heterocycles. The lowest BCUT2D eigenvalue weighted by atomic mass is 10.1. The van der Waals surface area contributed by atoms with Gasteiger partial charge in [0, 0.05) is 13.1 Å². The summed E-state index contributed by atoms with van der Waals surface area (Å²) in [4.78, 5) is 12.7. The second-order valence-electron chi connectivity index (χ2n) is 7.52. The zero-order chi connectivity index (χ0) is 23.9. The van der Waals surface area contributed by atoms with E-state index in [1.807, 2.05) is 6.92 Å². The van der Waals surface area contributed by atoms with Crippen LogP contribution in [-0.2, 0) is 24.8 Å². The van der Waals surface area contributed by atoms with Gasteiger partial charge in [-0.3, -0.25) is 4.79 Å². The van der Waals surface area contributed by atoms with Crippen molar-refractivity contribution >= 4 is 26.0 Å². The second-order valence-corrected chi connectivity index (χ2v) is 11.0. The number of sulfonamides is 2. The lowest BCUT2D eigenvalue weighted by Crippen LogP contribution is -2.50. The zero-order valence-electron chi connectivity index (χ0n) is 18.5. The number of amides is 1. The number of hydrogen-bond acceptors (Lipinski definition) is 6. The van der Waals surface area contributed by atoms with E-state index >= 15 is 0 Å². The highest BCUT2D eigenvalue weighted by Crippen LogP contribution is 2.17. The minimum absolute atomic E-state index is 0.00241. The van der Waals surface area contributed by atoms with E-state index < -0.39 is 32.0 Å². The molecule has 0 aliphatic carbocycles. The summed E-state index contributed by atoms with van der Waals surface area (Å²) in [5, 5.41) is 2.58. The summed E-state index contributed by atoms with van der Waals surface area (Å²) in [6.07, 6.45) is 0. The van der Waals surface area contributed by atoms with E-state index in [9.17, 15) is 21.6 Å². The van der Waals surface area contributed by atoms with E-state index in [1.54, 1.807) is 26.0 Å². The van der Waals surface area contributed by atoms with Gasteiger partial charge in [0.2, 0.25) is 26.0 Å². The number of carbonyl (C=O) groups excluding carboxylic acids is 1. The summed E-state index contributed by atoms with van der Waals surface area (Å²) < 4.78 is 59.8. The van der Waals surface area contributed by atoms with E-state index in [-0.39, 0.29) is 28.8 Å². The maximum absolute atomic E-state index is 12.7. The Morgan fingerprint density at radius 2 is 1.41 bits per heavy atom. The lowest BCUT2D eigenvalue weighted by molar-refractivity contribution is -0.123. The van der Waals surface area contributed by atoms with Crippen LogP contribution in [0.3, 0.4) is 0 Å². The topological polar surface area (TPSA) is 131 Å². The third-order valence-electron chi connectivity index (χ3n) is 4.65. The maximum atomic E-state index is 12.7. The molecule has 0 aliphatic heterocycles. The second kappa shape index (κ2) is 10.9. The molecule has 2 aromatic rings. The largest absolute Gasteiger partial charge is 0.497 e. The first-order valence-corrected chi connectivity index (χ1v) is 12.9.